The summed E-state index contributed by atoms with van der Waals surface area (Å²) in [6.07, 6.45) is 2.65. The maximum Gasteiger partial charge on any atom is 0.128 e. The summed E-state index contributed by atoms with van der Waals surface area (Å²) in [4.78, 5) is 8.76. The number of nitrogens with zero attached hydrogens (tertiary/aromatic N) is 2. The van der Waals surface area contributed by atoms with Gasteiger partial charge in [0.2, 0.25) is 0 Å². The van der Waals surface area contributed by atoms with Gasteiger partial charge in [-0.2, -0.15) is 0 Å². The normalized spacial score (nSPS) is 15.4. The van der Waals surface area contributed by atoms with E-state index in [0.29, 0.717) is 44.8 Å². The maximum atomic E-state index is 8.32. The van der Waals surface area contributed by atoms with Gasteiger partial charge in [-0.05, 0) is 70.7 Å². The monoisotopic (exact) mass is 933 g/mol. The van der Waals surface area contributed by atoms with Crippen molar-refractivity contribution in [3.63, 3.8) is 0 Å². The molecule has 0 fully saturated rings. The molecule has 0 N–H and O–H groups in total. The van der Waals surface area contributed by atoms with Crippen LogP contribution in [-0.4, -0.2) is 18.0 Å². The largest absolute Gasteiger partial charge is 0.500 e. The summed E-state index contributed by atoms with van der Waals surface area (Å²) in [5.74, 6) is 0. The molecule has 0 saturated carbocycles. The standard InChI is InChI=1S/C32H28NOSi.C19H16N.Ir/c1-20-17-23(35(3,4)5)14-16-24(20)29-18-30(33-19-21(29)2)28-12-8-11-26-27-15-13-22-9-6-7-10-25(22)31(27)34-32(26)28;1-14-8-11-19(20-13-14)17-10-9-15(2)18(12-17)16-6-4-3-5-7-16;/h6-11,13-19H,1-5H3;3-9,11-13H,1-2H3;/q2*-1;/i2*1D3,2D3;. The predicted octanol–water partition coefficient (Wildman–Crippen LogP) is 13.3. The van der Waals surface area contributed by atoms with Crippen molar-refractivity contribution in [2.24, 2.45) is 0 Å². The van der Waals surface area contributed by atoms with E-state index in [1.54, 1.807) is 36.4 Å². The Morgan fingerprint density at radius 2 is 1.38 bits per heavy atom. The second-order valence-corrected chi connectivity index (χ2v) is 19.5. The summed E-state index contributed by atoms with van der Waals surface area (Å²) in [5.41, 5.74) is 6.06. The first-order valence-electron chi connectivity index (χ1n) is 23.9. The Balaban J connectivity index is 0.000000219. The first-order chi connectivity index (χ1) is 31.4. The summed E-state index contributed by atoms with van der Waals surface area (Å²) in [5, 5.41) is 4.89. The van der Waals surface area contributed by atoms with Gasteiger partial charge in [0.1, 0.15) is 5.58 Å². The Morgan fingerprint density at radius 3 is 2.14 bits per heavy atom. The van der Waals surface area contributed by atoms with Crippen LogP contribution in [0.15, 0.2) is 144 Å². The summed E-state index contributed by atoms with van der Waals surface area (Å²) >= 11 is 0. The molecule has 56 heavy (non-hydrogen) atoms. The number of aromatic nitrogens is 2. The third kappa shape index (κ3) is 7.68. The topological polar surface area (TPSA) is 38.9 Å². The summed E-state index contributed by atoms with van der Waals surface area (Å²) in [6.45, 7) is -2.97. The van der Waals surface area contributed by atoms with E-state index in [4.69, 9.17) is 20.9 Å². The van der Waals surface area contributed by atoms with Crippen molar-refractivity contribution in [1.29, 1.82) is 0 Å². The Hall–Kier alpha value is -5.45. The zero-order valence-corrected chi connectivity index (χ0v) is 34.3. The second-order valence-electron chi connectivity index (χ2n) is 14.5. The van der Waals surface area contributed by atoms with E-state index in [2.05, 4.69) is 47.8 Å². The fraction of sp³-hybridized carbons (Fsp3) is 0.137. The molecule has 9 rings (SSSR count). The number of rotatable bonds is 5. The molecule has 0 aliphatic rings. The number of benzene rings is 6. The molecule has 0 aliphatic heterocycles. The van der Waals surface area contributed by atoms with Crippen LogP contribution in [0.2, 0.25) is 19.6 Å². The number of aryl methyl sites for hydroxylation is 4. The van der Waals surface area contributed by atoms with Gasteiger partial charge in [-0.15, -0.1) is 47.5 Å². The molecule has 9 aromatic rings. The number of pyridine rings is 2. The van der Waals surface area contributed by atoms with Crippen LogP contribution in [0.5, 0.6) is 0 Å². The van der Waals surface area contributed by atoms with Gasteiger partial charge in [-0.1, -0.05) is 151 Å². The van der Waals surface area contributed by atoms with Crippen LogP contribution in [-0.2, 0) is 20.1 Å². The van der Waals surface area contributed by atoms with Crippen molar-refractivity contribution < 1.29 is 41.0 Å². The van der Waals surface area contributed by atoms with E-state index < -0.39 is 35.5 Å². The van der Waals surface area contributed by atoms with Crippen LogP contribution in [0, 0.1) is 39.5 Å². The van der Waals surface area contributed by atoms with Crippen molar-refractivity contribution in [3.8, 4) is 44.8 Å². The molecule has 3 nitrogen and oxygen atoms in total. The zero-order chi connectivity index (χ0) is 48.3. The molecule has 0 bridgehead atoms. The third-order valence-electron chi connectivity index (χ3n) is 9.73. The van der Waals surface area contributed by atoms with Crippen LogP contribution >= 0.6 is 0 Å². The van der Waals surface area contributed by atoms with E-state index >= 15 is 0 Å². The smallest absolute Gasteiger partial charge is 0.128 e. The quantitative estimate of drug-likeness (QED) is 0.127. The second kappa shape index (κ2) is 16.0. The first kappa shape index (κ1) is 26.4. The van der Waals surface area contributed by atoms with Crippen LogP contribution in [0.4, 0.5) is 0 Å². The Labute approximate surface area is 361 Å². The summed E-state index contributed by atoms with van der Waals surface area (Å²) in [6, 6.07) is 44.7. The molecule has 0 spiro atoms. The van der Waals surface area contributed by atoms with Gasteiger partial charge in [0, 0.05) is 59.7 Å². The number of furan rings is 1. The minimum absolute atomic E-state index is 0. The Kier molecular flexibility index (Phi) is 7.52. The molecule has 0 saturated heterocycles. The summed E-state index contributed by atoms with van der Waals surface area (Å²) < 4.78 is 102. The van der Waals surface area contributed by atoms with Crippen molar-refractivity contribution in [2.75, 3.05) is 0 Å². The Morgan fingerprint density at radius 1 is 0.589 bits per heavy atom. The number of hydrogen-bond donors (Lipinski definition) is 0. The van der Waals surface area contributed by atoms with E-state index in [-0.39, 0.29) is 42.4 Å². The van der Waals surface area contributed by atoms with Crippen molar-refractivity contribution in [2.45, 2.75) is 47.0 Å². The van der Waals surface area contributed by atoms with E-state index in [1.807, 2.05) is 72.8 Å². The van der Waals surface area contributed by atoms with Crippen molar-refractivity contribution in [3.05, 3.63) is 174 Å². The molecule has 3 heterocycles. The average molecular weight is 933 g/mol. The van der Waals surface area contributed by atoms with Gasteiger partial charge in [-0.3, -0.25) is 0 Å². The SMILES string of the molecule is [2H]C([2H])([2H])c1ccc(-c2[c-]cc(C([2H])([2H])[2H])c(-c3ccccc3)c2)nc1.[2H]C([2H])([2H])c1cnc(-c2[c-]ccc3c2oc2c4ccccc4ccc32)cc1-c1ccc([Si](C)(C)C)cc1C([2H])([2H])[2H].[Ir]. The van der Waals surface area contributed by atoms with Gasteiger partial charge in [-0.25, -0.2) is 0 Å². The molecule has 5 heteroatoms. The molecule has 0 atom stereocenters. The van der Waals surface area contributed by atoms with Gasteiger partial charge in [0.05, 0.1) is 13.7 Å². The molecule has 0 aliphatic carbocycles. The zero-order valence-electron chi connectivity index (χ0n) is 42.9. The van der Waals surface area contributed by atoms with Gasteiger partial charge < -0.3 is 14.4 Å². The maximum absolute atomic E-state index is 8.32. The van der Waals surface area contributed by atoms with Crippen molar-refractivity contribution in [1.82, 2.24) is 9.97 Å². The minimum Gasteiger partial charge on any atom is -0.500 e. The molecule has 1 radical (unpaired) electrons. The molecule has 0 amide bonds. The molecular weight excluding hydrogens is 877 g/mol. The minimum atomic E-state index is -2.50. The molecular formula is C51H44IrN2OSi-2. The van der Waals surface area contributed by atoms with Crippen LogP contribution in [0.3, 0.4) is 0 Å². The summed E-state index contributed by atoms with van der Waals surface area (Å²) in [7, 11) is -1.84. The predicted molar refractivity (Wildman–Crippen MR) is 235 cm³/mol. The van der Waals surface area contributed by atoms with Gasteiger partial charge in [0.15, 0.2) is 0 Å². The molecule has 6 aromatic carbocycles. The third-order valence-corrected chi connectivity index (χ3v) is 11.8. The van der Waals surface area contributed by atoms with E-state index in [0.717, 1.165) is 37.9 Å². The number of hydrogen-bond acceptors (Lipinski definition) is 3. The van der Waals surface area contributed by atoms with Crippen LogP contribution < -0.4 is 5.19 Å². The van der Waals surface area contributed by atoms with Gasteiger partial charge in [0.25, 0.3) is 0 Å². The molecule has 279 valence electrons. The van der Waals surface area contributed by atoms with Crippen LogP contribution in [0.1, 0.15) is 38.7 Å². The first-order valence-corrected chi connectivity index (χ1v) is 21.4. The van der Waals surface area contributed by atoms with E-state index in [9.17, 15) is 0 Å². The van der Waals surface area contributed by atoms with E-state index in [1.165, 1.54) is 24.5 Å². The van der Waals surface area contributed by atoms with Crippen LogP contribution in [0.25, 0.3) is 77.5 Å². The Bertz CT molecular complexity index is 3280. The van der Waals surface area contributed by atoms with Gasteiger partial charge >= 0.3 is 0 Å². The fourth-order valence-electron chi connectivity index (χ4n) is 6.77. The number of fused-ring (bicyclic) bond motifs is 5. The average Bonchev–Trinajstić information content (AvgIpc) is 3.67. The molecule has 3 aromatic heterocycles. The fourth-order valence-corrected chi connectivity index (χ4v) is 7.93. The van der Waals surface area contributed by atoms with Crippen molar-refractivity contribution >= 4 is 46.0 Å². The molecule has 0 unspecified atom stereocenters.